The van der Waals surface area contributed by atoms with Crippen LogP contribution in [0, 0.1) is 24.1 Å². The lowest BCUT2D eigenvalue weighted by molar-refractivity contribution is 0.631. The van der Waals surface area contributed by atoms with Crippen LogP contribution in [0.25, 0.3) is 22.4 Å². The first kappa shape index (κ1) is 17.2. The maximum absolute atomic E-state index is 14.5. The summed E-state index contributed by atoms with van der Waals surface area (Å²) in [6.45, 7) is 1.75. The number of anilines is 1. The first-order chi connectivity index (χ1) is 11.9. The second kappa shape index (κ2) is 6.72. The van der Waals surface area contributed by atoms with Crippen LogP contribution in [0.4, 0.5) is 10.2 Å². The molecule has 0 radical (unpaired) electrons. The lowest BCUT2D eigenvalue weighted by Crippen LogP contribution is -2.04. The molecule has 0 amide bonds. The van der Waals surface area contributed by atoms with E-state index >= 15 is 0 Å². The molecule has 25 heavy (non-hydrogen) atoms. The van der Waals surface area contributed by atoms with Crippen LogP contribution in [0.3, 0.4) is 0 Å². The van der Waals surface area contributed by atoms with Gasteiger partial charge in [0, 0.05) is 21.7 Å². The fraction of sp³-hybridized carbons (Fsp3) is 0.0526. The van der Waals surface area contributed by atoms with E-state index in [0.29, 0.717) is 21.8 Å². The van der Waals surface area contributed by atoms with Crippen LogP contribution < -0.4 is 5.73 Å². The summed E-state index contributed by atoms with van der Waals surface area (Å²) in [6, 6.07) is 13.4. The van der Waals surface area contributed by atoms with Crippen LogP contribution in [0.5, 0.6) is 0 Å². The molecule has 1 aromatic heterocycles. The van der Waals surface area contributed by atoms with Crippen molar-refractivity contribution in [2.45, 2.75) is 6.92 Å². The highest BCUT2D eigenvalue weighted by atomic mass is 35.5. The Morgan fingerprint density at radius 1 is 1.12 bits per heavy atom. The molecule has 0 aliphatic carbocycles. The minimum atomic E-state index is -0.533. The molecule has 124 valence electrons. The molecule has 0 bridgehead atoms. The Kier molecular flexibility index (Phi) is 4.63. The van der Waals surface area contributed by atoms with Gasteiger partial charge in [-0.3, -0.25) is 0 Å². The molecule has 3 aromatic rings. The Morgan fingerprint density at radius 2 is 1.84 bits per heavy atom. The fourth-order valence-corrected chi connectivity index (χ4v) is 3.22. The van der Waals surface area contributed by atoms with Gasteiger partial charge in [0.2, 0.25) is 0 Å². The smallest absolute Gasteiger partial charge is 0.142 e. The van der Waals surface area contributed by atoms with E-state index in [9.17, 15) is 9.65 Å². The van der Waals surface area contributed by atoms with Gasteiger partial charge in [0.15, 0.2) is 0 Å². The standard InChI is InChI=1S/C19H12Cl2FN3/c1-10-16(17-14(21)6-3-7-15(17)22)13(9-23)19(24)25-18(10)11-4-2-5-12(20)8-11/h2-8H,1H3,(H2,24,25). The van der Waals surface area contributed by atoms with Crippen molar-refractivity contribution in [3.05, 3.63) is 69.5 Å². The van der Waals surface area contributed by atoms with Crippen LogP contribution in [-0.4, -0.2) is 4.98 Å². The number of halogens is 3. The van der Waals surface area contributed by atoms with Gasteiger partial charge in [-0.25, -0.2) is 9.37 Å². The summed E-state index contributed by atoms with van der Waals surface area (Å²) in [7, 11) is 0. The number of pyridine rings is 1. The molecule has 0 unspecified atom stereocenters. The molecule has 0 fully saturated rings. The van der Waals surface area contributed by atoms with E-state index in [1.54, 1.807) is 31.2 Å². The van der Waals surface area contributed by atoms with Gasteiger partial charge in [0.05, 0.1) is 10.7 Å². The third kappa shape index (κ3) is 3.05. The molecule has 0 aliphatic rings. The summed E-state index contributed by atoms with van der Waals surface area (Å²) in [5.74, 6) is -0.521. The van der Waals surface area contributed by atoms with E-state index in [1.165, 1.54) is 12.1 Å². The monoisotopic (exact) mass is 371 g/mol. The Bertz CT molecular complexity index is 1010. The Hall–Kier alpha value is -2.61. The summed E-state index contributed by atoms with van der Waals surface area (Å²) in [4.78, 5) is 4.33. The molecule has 0 aliphatic heterocycles. The summed E-state index contributed by atoms with van der Waals surface area (Å²) in [5, 5.41) is 10.2. The van der Waals surface area contributed by atoms with Crippen LogP contribution >= 0.6 is 23.2 Å². The second-order valence-electron chi connectivity index (χ2n) is 5.44. The Labute approximate surface area is 154 Å². The summed E-state index contributed by atoms with van der Waals surface area (Å²) in [6.07, 6.45) is 0. The molecule has 0 saturated carbocycles. The largest absolute Gasteiger partial charge is 0.383 e. The molecule has 2 aromatic carbocycles. The minimum absolute atomic E-state index is 0.0115. The van der Waals surface area contributed by atoms with E-state index in [2.05, 4.69) is 4.98 Å². The van der Waals surface area contributed by atoms with Crippen molar-refractivity contribution >= 4 is 29.0 Å². The second-order valence-corrected chi connectivity index (χ2v) is 6.28. The predicted octanol–water partition coefficient (Wildman–Crippen LogP) is 5.62. The zero-order valence-electron chi connectivity index (χ0n) is 13.1. The van der Waals surface area contributed by atoms with Crippen molar-refractivity contribution in [3.63, 3.8) is 0 Å². The lowest BCUT2D eigenvalue weighted by atomic mass is 9.92. The summed E-state index contributed by atoms with van der Waals surface area (Å²) in [5.41, 5.74) is 8.39. The van der Waals surface area contributed by atoms with Gasteiger partial charge in [-0.15, -0.1) is 0 Å². The van der Waals surface area contributed by atoms with E-state index in [0.717, 1.165) is 5.56 Å². The molecule has 0 spiro atoms. The van der Waals surface area contributed by atoms with Crippen molar-refractivity contribution in [1.29, 1.82) is 5.26 Å². The predicted molar refractivity (Wildman–Crippen MR) is 99.0 cm³/mol. The molecule has 3 rings (SSSR count). The molecule has 6 heteroatoms. The number of nitrogens with zero attached hydrogens (tertiary/aromatic N) is 2. The summed E-state index contributed by atoms with van der Waals surface area (Å²) < 4.78 is 14.5. The molecule has 0 saturated heterocycles. The number of nitrogen functional groups attached to an aromatic ring is 1. The highest BCUT2D eigenvalue weighted by Crippen LogP contribution is 2.40. The van der Waals surface area contributed by atoms with Crippen molar-refractivity contribution in [3.8, 4) is 28.5 Å². The molecule has 1 heterocycles. The van der Waals surface area contributed by atoms with E-state index in [4.69, 9.17) is 28.9 Å². The van der Waals surface area contributed by atoms with Crippen molar-refractivity contribution in [2.75, 3.05) is 5.73 Å². The Morgan fingerprint density at radius 3 is 2.48 bits per heavy atom. The zero-order chi connectivity index (χ0) is 18.1. The molecule has 3 nitrogen and oxygen atoms in total. The zero-order valence-corrected chi connectivity index (χ0v) is 14.7. The molecular weight excluding hydrogens is 360 g/mol. The molecule has 0 atom stereocenters. The van der Waals surface area contributed by atoms with Gasteiger partial charge < -0.3 is 5.73 Å². The third-order valence-electron chi connectivity index (χ3n) is 3.89. The lowest BCUT2D eigenvalue weighted by Gasteiger charge is -2.16. The van der Waals surface area contributed by atoms with Gasteiger partial charge in [0.1, 0.15) is 23.3 Å². The topological polar surface area (TPSA) is 62.7 Å². The van der Waals surface area contributed by atoms with Crippen molar-refractivity contribution in [1.82, 2.24) is 4.98 Å². The number of hydrogen-bond acceptors (Lipinski definition) is 3. The van der Waals surface area contributed by atoms with Gasteiger partial charge >= 0.3 is 0 Å². The van der Waals surface area contributed by atoms with Gasteiger partial charge in [-0.05, 0) is 36.8 Å². The van der Waals surface area contributed by atoms with Gasteiger partial charge in [-0.1, -0.05) is 41.4 Å². The highest BCUT2D eigenvalue weighted by molar-refractivity contribution is 6.33. The maximum Gasteiger partial charge on any atom is 0.142 e. The van der Waals surface area contributed by atoms with Crippen LogP contribution in [-0.2, 0) is 0 Å². The number of hydrogen-bond donors (Lipinski definition) is 1. The first-order valence-corrected chi connectivity index (χ1v) is 8.10. The number of aromatic nitrogens is 1. The number of nitriles is 1. The average Bonchev–Trinajstić information content (AvgIpc) is 2.57. The third-order valence-corrected chi connectivity index (χ3v) is 4.44. The van der Waals surface area contributed by atoms with E-state index in [-0.39, 0.29) is 22.0 Å². The van der Waals surface area contributed by atoms with Crippen molar-refractivity contribution in [2.24, 2.45) is 0 Å². The fourth-order valence-electron chi connectivity index (χ4n) is 2.77. The molecular formula is C19H12Cl2FN3. The van der Waals surface area contributed by atoms with E-state index in [1.807, 2.05) is 12.1 Å². The van der Waals surface area contributed by atoms with Crippen LogP contribution in [0.2, 0.25) is 10.0 Å². The summed E-state index contributed by atoms with van der Waals surface area (Å²) >= 11 is 12.3. The van der Waals surface area contributed by atoms with Gasteiger partial charge in [0.25, 0.3) is 0 Å². The molecule has 2 N–H and O–H groups in total. The number of rotatable bonds is 2. The van der Waals surface area contributed by atoms with Crippen LogP contribution in [0.15, 0.2) is 42.5 Å². The van der Waals surface area contributed by atoms with Gasteiger partial charge in [-0.2, -0.15) is 5.26 Å². The first-order valence-electron chi connectivity index (χ1n) is 7.34. The normalized spacial score (nSPS) is 10.5. The van der Waals surface area contributed by atoms with E-state index < -0.39 is 5.82 Å². The average molecular weight is 372 g/mol. The maximum atomic E-state index is 14.5. The number of benzene rings is 2. The Balaban J connectivity index is 2.41. The quantitative estimate of drug-likeness (QED) is 0.635. The number of nitrogens with two attached hydrogens (primary N) is 1. The highest BCUT2D eigenvalue weighted by Gasteiger charge is 2.22. The minimum Gasteiger partial charge on any atom is -0.383 e. The SMILES string of the molecule is Cc1c(-c2cccc(Cl)c2)nc(N)c(C#N)c1-c1c(F)cccc1Cl. The van der Waals surface area contributed by atoms with Crippen LogP contribution in [0.1, 0.15) is 11.1 Å². The van der Waals surface area contributed by atoms with Crippen molar-refractivity contribution < 1.29 is 4.39 Å².